The van der Waals surface area contributed by atoms with Crippen molar-refractivity contribution in [3.05, 3.63) is 24.0 Å². The molecule has 0 aliphatic carbocycles. The number of thioether (sulfide) groups is 1. The third kappa shape index (κ3) is 3.26. The smallest absolute Gasteiger partial charge is 0.227 e. The predicted octanol–water partition coefficient (Wildman–Crippen LogP) is 2.16. The maximum absolute atomic E-state index is 13.7. The van der Waals surface area contributed by atoms with Crippen molar-refractivity contribution in [3.8, 4) is 5.75 Å². The second-order valence-electron chi connectivity index (χ2n) is 4.51. The molecular formula is C13H14FNO3S. The van der Waals surface area contributed by atoms with Crippen LogP contribution >= 0.6 is 11.8 Å². The zero-order valence-corrected chi connectivity index (χ0v) is 11.2. The van der Waals surface area contributed by atoms with E-state index < -0.39 is 5.82 Å². The Morgan fingerprint density at radius 2 is 2.32 bits per heavy atom. The van der Waals surface area contributed by atoms with Crippen molar-refractivity contribution < 1.29 is 19.1 Å². The first-order valence-electron chi connectivity index (χ1n) is 5.89. The molecule has 1 N–H and O–H groups in total. The van der Waals surface area contributed by atoms with Gasteiger partial charge in [-0.25, -0.2) is 4.39 Å². The van der Waals surface area contributed by atoms with Crippen LogP contribution < -0.4 is 4.90 Å². The number of aromatic hydroxyl groups is 1. The first-order chi connectivity index (χ1) is 8.97. The zero-order chi connectivity index (χ0) is 14.0. The highest BCUT2D eigenvalue weighted by Crippen LogP contribution is 2.30. The van der Waals surface area contributed by atoms with Gasteiger partial charge in [0.15, 0.2) is 10.9 Å². The van der Waals surface area contributed by atoms with E-state index in [1.165, 1.54) is 35.7 Å². The third-order valence-electron chi connectivity index (χ3n) is 2.95. The lowest BCUT2D eigenvalue weighted by Gasteiger charge is -2.17. The summed E-state index contributed by atoms with van der Waals surface area (Å²) in [6, 6.07) is 3.73. The molecule has 4 nitrogen and oxygen atoms in total. The number of phenolic OH excluding ortho intramolecular Hbond substituents is 1. The van der Waals surface area contributed by atoms with Gasteiger partial charge in [0.25, 0.3) is 0 Å². The van der Waals surface area contributed by atoms with Gasteiger partial charge < -0.3 is 10.0 Å². The van der Waals surface area contributed by atoms with Crippen LogP contribution in [0.1, 0.15) is 13.3 Å². The standard InChI is InChI=1S/C13H14FNO3S/c1-8(16)19-7-9-4-13(18)15(6-9)12-3-2-10(17)5-11(12)14/h2-3,5,9,17H,4,6-7H2,1H3. The fraction of sp³-hybridized carbons (Fsp3) is 0.385. The summed E-state index contributed by atoms with van der Waals surface area (Å²) in [6.45, 7) is 1.89. The average molecular weight is 283 g/mol. The number of hydrogen-bond donors (Lipinski definition) is 1. The summed E-state index contributed by atoms with van der Waals surface area (Å²) < 4.78 is 13.7. The summed E-state index contributed by atoms with van der Waals surface area (Å²) in [4.78, 5) is 24.1. The molecule has 1 aromatic rings. The molecule has 6 heteroatoms. The van der Waals surface area contributed by atoms with Crippen LogP contribution in [0.4, 0.5) is 10.1 Å². The van der Waals surface area contributed by atoms with Crippen LogP contribution in [0.2, 0.25) is 0 Å². The molecular weight excluding hydrogens is 269 g/mol. The summed E-state index contributed by atoms with van der Waals surface area (Å²) in [7, 11) is 0. The van der Waals surface area contributed by atoms with Crippen molar-refractivity contribution in [2.75, 3.05) is 17.2 Å². The van der Waals surface area contributed by atoms with E-state index in [4.69, 9.17) is 5.11 Å². The number of halogens is 1. The highest BCUT2D eigenvalue weighted by atomic mass is 32.2. The molecule has 1 atom stereocenters. The summed E-state index contributed by atoms with van der Waals surface area (Å²) >= 11 is 1.18. The SMILES string of the molecule is CC(=O)SCC1CC(=O)N(c2ccc(O)cc2F)C1. The molecule has 19 heavy (non-hydrogen) atoms. The Morgan fingerprint density at radius 1 is 1.58 bits per heavy atom. The van der Waals surface area contributed by atoms with Gasteiger partial charge in [0.05, 0.1) is 5.69 Å². The van der Waals surface area contributed by atoms with Crippen molar-refractivity contribution in [3.63, 3.8) is 0 Å². The fourth-order valence-electron chi connectivity index (χ4n) is 2.08. The summed E-state index contributed by atoms with van der Waals surface area (Å²) in [5.41, 5.74) is 0.179. The van der Waals surface area contributed by atoms with Gasteiger partial charge in [0.2, 0.25) is 5.91 Å². The van der Waals surface area contributed by atoms with Crippen LogP contribution in [0.3, 0.4) is 0 Å². The minimum absolute atomic E-state index is 0.0155. The van der Waals surface area contributed by atoms with Crippen LogP contribution in [0.5, 0.6) is 5.75 Å². The van der Waals surface area contributed by atoms with E-state index >= 15 is 0 Å². The normalized spacial score (nSPS) is 18.9. The maximum Gasteiger partial charge on any atom is 0.227 e. The molecule has 1 aliphatic rings. The second-order valence-corrected chi connectivity index (χ2v) is 5.71. The monoisotopic (exact) mass is 283 g/mol. The van der Waals surface area contributed by atoms with Crippen molar-refractivity contribution in [1.82, 2.24) is 0 Å². The van der Waals surface area contributed by atoms with E-state index in [1.807, 2.05) is 0 Å². The number of anilines is 1. The molecule has 1 saturated heterocycles. The Labute approximate surface area is 114 Å². The molecule has 1 aliphatic heterocycles. The van der Waals surface area contributed by atoms with Crippen LogP contribution in [-0.4, -0.2) is 28.4 Å². The Kier molecular flexibility index (Phi) is 4.09. The number of amides is 1. The molecule has 0 radical (unpaired) electrons. The van der Waals surface area contributed by atoms with E-state index in [-0.39, 0.29) is 28.4 Å². The average Bonchev–Trinajstić information content (AvgIpc) is 2.68. The first-order valence-corrected chi connectivity index (χ1v) is 6.88. The number of hydrogen-bond acceptors (Lipinski definition) is 4. The van der Waals surface area contributed by atoms with Gasteiger partial charge in [0, 0.05) is 31.7 Å². The Bertz CT molecular complexity index is 521. The highest BCUT2D eigenvalue weighted by molar-refractivity contribution is 8.13. The van der Waals surface area contributed by atoms with Gasteiger partial charge in [-0.3, -0.25) is 9.59 Å². The molecule has 1 unspecified atom stereocenters. The summed E-state index contributed by atoms with van der Waals surface area (Å²) in [6.07, 6.45) is 0.320. The number of nitrogens with zero attached hydrogens (tertiary/aromatic N) is 1. The molecule has 0 bridgehead atoms. The van der Waals surface area contributed by atoms with E-state index in [9.17, 15) is 14.0 Å². The molecule has 0 saturated carbocycles. The number of carbonyl (C=O) groups excluding carboxylic acids is 2. The van der Waals surface area contributed by atoms with Gasteiger partial charge in [-0.1, -0.05) is 11.8 Å². The molecule has 0 aromatic heterocycles. The van der Waals surface area contributed by atoms with Crippen molar-refractivity contribution in [2.45, 2.75) is 13.3 Å². The molecule has 1 aromatic carbocycles. The lowest BCUT2D eigenvalue weighted by Crippen LogP contribution is -2.25. The summed E-state index contributed by atoms with van der Waals surface area (Å²) in [5.74, 6) is -0.324. The van der Waals surface area contributed by atoms with Crippen LogP contribution in [0, 0.1) is 11.7 Å². The van der Waals surface area contributed by atoms with E-state index in [2.05, 4.69) is 0 Å². The zero-order valence-electron chi connectivity index (χ0n) is 10.4. The summed E-state index contributed by atoms with van der Waals surface area (Å²) in [5, 5.41) is 9.17. The Hall–Kier alpha value is -1.56. The third-order valence-corrected chi connectivity index (χ3v) is 3.99. The number of rotatable bonds is 3. The first kappa shape index (κ1) is 13.9. The topological polar surface area (TPSA) is 57.6 Å². The second kappa shape index (κ2) is 5.61. The van der Waals surface area contributed by atoms with Gasteiger partial charge in [0.1, 0.15) is 5.75 Å². The molecule has 1 amide bonds. The van der Waals surface area contributed by atoms with E-state index in [0.29, 0.717) is 18.7 Å². The molecule has 102 valence electrons. The van der Waals surface area contributed by atoms with E-state index in [0.717, 1.165) is 6.07 Å². The van der Waals surface area contributed by atoms with Gasteiger partial charge in [-0.2, -0.15) is 0 Å². The largest absolute Gasteiger partial charge is 0.508 e. The minimum Gasteiger partial charge on any atom is -0.508 e. The van der Waals surface area contributed by atoms with Crippen molar-refractivity contribution in [2.24, 2.45) is 5.92 Å². The molecule has 2 rings (SSSR count). The lowest BCUT2D eigenvalue weighted by atomic mass is 10.1. The number of carbonyl (C=O) groups is 2. The van der Waals surface area contributed by atoms with Crippen LogP contribution in [-0.2, 0) is 9.59 Å². The lowest BCUT2D eigenvalue weighted by molar-refractivity contribution is -0.117. The van der Waals surface area contributed by atoms with Crippen molar-refractivity contribution in [1.29, 1.82) is 0 Å². The van der Waals surface area contributed by atoms with E-state index in [1.54, 1.807) is 0 Å². The highest BCUT2D eigenvalue weighted by Gasteiger charge is 2.32. The predicted molar refractivity (Wildman–Crippen MR) is 71.7 cm³/mol. The number of phenols is 1. The van der Waals surface area contributed by atoms with Gasteiger partial charge >= 0.3 is 0 Å². The Morgan fingerprint density at radius 3 is 2.95 bits per heavy atom. The van der Waals surface area contributed by atoms with Crippen molar-refractivity contribution >= 4 is 28.5 Å². The minimum atomic E-state index is -0.617. The van der Waals surface area contributed by atoms with Crippen LogP contribution in [0.15, 0.2) is 18.2 Å². The van der Waals surface area contributed by atoms with Crippen LogP contribution in [0.25, 0.3) is 0 Å². The Balaban J connectivity index is 2.09. The van der Waals surface area contributed by atoms with Gasteiger partial charge in [-0.15, -0.1) is 0 Å². The molecule has 0 spiro atoms. The fourth-order valence-corrected chi connectivity index (χ4v) is 2.77. The quantitative estimate of drug-likeness (QED) is 0.923. The molecule has 1 fully saturated rings. The number of benzene rings is 1. The van der Waals surface area contributed by atoms with Gasteiger partial charge in [-0.05, 0) is 18.1 Å². The molecule has 1 heterocycles. The maximum atomic E-state index is 13.7.